The van der Waals surface area contributed by atoms with Gasteiger partial charge in [-0.05, 0) is 18.6 Å². The number of unbranched alkanes of at least 4 members (excludes halogenated alkanes) is 2. The summed E-state index contributed by atoms with van der Waals surface area (Å²) in [6.45, 7) is 2.79. The van der Waals surface area contributed by atoms with Crippen LogP contribution in [-0.2, 0) is 9.53 Å². The van der Waals surface area contributed by atoms with Gasteiger partial charge in [-0.25, -0.2) is 0 Å². The van der Waals surface area contributed by atoms with Crippen LogP contribution in [0.5, 0.6) is 5.75 Å². The number of nitrogen functional groups attached to an aromatic ring is 1. The van der Waals surface area contributed by atoms with E-state index in [9.17, 15) is 4.79 Å². The van der Waals surface area contributed by atoms with E-state index in [1.54, 1.807) is 18.2 Å². The molecule has 0 saturated carbocycles. The zero-order valence-corrected chi connectivity index (χ0v) is 11.6. The summed E-state index contributed by atoms with van der Waals surface area (Å²) in [5, 5.41) is 2.74. The van der Waals surface area contributed by atoms with Crippen molar-refractivity contribution in [1.82, 2.24) is 0 Å². The maximum atomic E-state index is 11.7. The monoisotopic (exact) mass is 266 g/mol. The Balaban J connectivity index is 2.39. The standard InChI is InChI=1S/C14H22N2O3/c1-3-4-5-8-19-10-14(17)16-12-7-6-11(15)9-13(12)18-2/h6-7,9H,3-5,8,10,15H2,1-2H3,(H,16,17). The third-order valence-corrected chi connectivity index (χ3v) is 2.63. The molecule has 0 atom stereocenters. The molecule has 0 radical (unpaired) electrons. The Labute approximate surface area is 114 Å². The number of hydrogen-bond donors (Lipinski definition) is 2. The minimum Gasteiger partial charge on any atom is -0.494 e. The molecule has 1 aromatic rings. The summed E-state index contributed by atoms with van der Waals surface area (Å²) in [5.74, 6) is 0.346. The van der Waals surface area contributed by atoms with Crippen LogP contribution in [0.2, 0.25) is 0 Å². The molecule has 3 N–H and O–H groups in total. The highest BCUT2D eigenvalue weighted by atomic mass is 16.5. The molecule has 1 amide bonds. The molecule has 0 saturated heterocycles. The average molecular weight is 266 g/mol. The number of hydrogen-bond acceptors (Lipinski definition) is 4. The van der Waals surface area contributed by atoms with Crippen LogP contribution >= 0.6 is 0 Å². The highest BCUT2D eigenvalue weighted by molar-refractivity contribution is 5.93. The van der Waals surface area contributed by atoms with Crippen molar-refractivity contribution in [3.05, 3.63) is 18.2 Å². The predicted molar refractivity (Wildman–Crippen MR) is 76.4 cm³/mol. The van der Waals surface area contributed by atoms with Gasteiger partial charge in [0.25, 0.3) is 0 Å². The number of nitrogens with two attached hydrogens (primary N) is 1. The van der Waals surface area contributed by atoms with Gasteiger partial charge in [-0.1, -0.05) is 19.8 Å². The summed E-state index contributed by atoms with van der Waals surface area (Å²) in [7, 11) is 1.53. The van der Waals surface area contributed by atoms with E-state index in [-0.39, 0.29) is 12.5 Å². The number of carbonyl (C=O) groups is 1. The molecule has 1 aromatic carbocycles. The zero-order valence-electron chi connectivity index (χ0n) is 11.6. The molecule has 1 rings (SSSR count). The molecule has 0 aliphatic heterocycles. The van der Waals surface area contributed by atoms with E-state index < -0.39 is 0 Å². The first kappa shape index (κ1) is 15.3. The Bertz CT molecular complexity index is 408. The molecule has 0 fully saturated rings. The Hall–Kier alpha value is -1.75. The smallest absolute Gasteiger partial charge is 0.250 e. The van der Waals surface area contributed by atoms with E-state index in [2.05, 4.69) is 12.2 Å². The first-order valence-corrected chi connectivity index (χ1v) is 6.48. The van der Waals surface area contributed by atoms with Crippen molar-refractivity contribution in [2.45, 2.75) is 26.2 Å². The molecule has 106 valence electrons. The summed E-state index contributed by atoms with van der Waals surface area (Å²) in [5.41, 5.74) is 6.83. The highest BCUT2D eigenvalue weighted by Crippen LogP contribution is 2.26. The Morgan fingerprint density at radius 3 is 2.84 bits per heavy atom. The molecule has 0 aliphatic rings. The van der Waals surface area contributed by atoms with Crippen LogP contribution in [0.15, 0.2) is 18.2 Å². The number of ether oxygens (including phenoxy) is 2. The van der Waals surface area contributed by atoms with Gasteiger partial charge in [0.2, 0.25) is 5.91 Å². The molecule has 5 nitrogen and oxygen atoms in total. The fraction of sp³-hybridized carbons (Fsp3) is 0.500. The third kappa shape index (κ3) is 5.61. The lowest BCUT2D eigenvalue weighted by molar-refractivity contribution is -0.120. The topological polar surface area (TPSA) is 73.6 Å². The van der Waals surface area contributed by atoms with Crippen LogP contribution in [0.1, 0.15) is 26.2 Å². The van der Waals surface area contributed by atoms with Crippen molar-refractivity contribution in [2.24, 2.45) is 0 Å². The van der Waals surface area contributed by atoms with E-state index in [1.165, 1.54) is 7.11 Å². The number of methoxy groups -OCH3 is 1. The Morgan fingerprint density at radius 1 is 1.37 bits per heavy atom. The van der Waals surface area contributed by atoms with Gasteiger partial charge in [0.15, 0.2) is 0 Å². The van der Waals surface area contributed by atoms with Crippen molar-refractivity contribution in [2.75, 3.05) is 31.4 Å². The van der Waals surface area contributed by atoms with E-state index >= 15 is 0 Å². The van der Waals surface area contributed by atoms with E-state index in [0.29, 0.717) is 23.7 Å². The van der Waals surface area contributed by atoms with Crippen molar-refractivity contribution in [1.29, 1.82) is 0 Å². The van der Waals surface area contributed by atoms with Crippen LogP contribution in [0.3, 0.4) is 0 Å². The number of carbonyl (C=O) groups excluding carboxylic acids is 1. The lowest BCUT2D eigenvalue weighted by Crippen LogP contribution is -2.19. The second-order valence-electron chi connectivity index (χ2n) is 4.27. The number of nitrogens with one attached hydrogen (secondary N) is 1. The molecule has 0 heterocycles. The van der Waals surface area contributed by atoms with Crippen molar-refractivity contribution >= 4 is 17.3 Å². The summed E-state index contributed by atoms with van der Waals surface area (Å²) in [4.78, 5) is 11.7. The van der Waals surface area contributed by atoms with Gasteiger partial charge in [0, 0.05) is 18.4 Å². The molecule has 19 heavy (non-hydrogen) atoms. The second kappa shape index (κ2) is 8.37. The third-order valence-electron chi connectivity index (χ3n) is 2.63. The fourth-order valence-electron chi connectivity index (χ4n) is 1.62. The van der Waals surface area contributed by atoms with E-state index in [0.717, 1.165) is 19.3 Å². The lowest BCUT2D eigenvalue weighted by atomic mass is 10.2. The number of benzene rings is 1. The molecule has 0 spiro atoms. The minimum atomic E-state index is -0.195. The second-order valence-corrected chi connectivity index (χ2v) is 4.27. The van der Waals surface area contributed by atoms with Crippen molar-refractivity contribution < 1.29 is 14.3 Å². The Kier molecular flexibility index (Phi) is 6.74. The zero-order chi connectivity index (χ0) is 14.1. The van der Waals surface area contributed by atoms with E-state index in [4.69, 9.17) is 15.2 Å². The van der Waals surface area contributed by atoms with Crippen LogP contribution in [0.4, 0.5) is 11.4 Å². The molecule has 0 aromatic heterocycles. The number of amides is 1. The van der Waals surface area contributed by atoms with Crippen molar-refractivity contribution in [3.8, 4) is 5.75 Å². The maximum Gasteiger partial charge on any atom is 0.250 e. The Morgan fingerprint density at radius 2 is 2.16 bits per heavy atom. The number of rotatable bonds is 8. The molecular weight excluding hydrogens is 244 g/mol. The average Bonchev–Trinajstić information content (AvgIpc) is 2.40. The summed E-state index contributed by atoms with van der Waals surface area (Å²) >= 11 is 0. The van der Waals surface area contributed by atoms with Crippen LogP contribution in [0.25, 0.3) is 0 Å². The first-order valence-electron chi connectivity index (χ1n) is 6.48. The summed E-state index contributed by atoms with van der Waals surface area (Å²) in [6, 6.07) is 5.08. The van der Waals surface area contributed by atoms with Gasteiger partial charge in [0.1, 0.15) is 12.4 Å². The SMILES string of the molecule is CCCCCOCC(=O)Nc1ccc(N)cc1OC. The van der Waals surface area contributed by atoms with Gasteiger partial charge in [-0.2, -0.15) is 0 Å². The van der Waals surface area contributed by atoms with Crippen LogP contribution in [-0.4, -0.2) is 26.2 Å². The fourth-order valence-corrected chi connectivity index (χ4v) is 1.62. The molecule has 0 aliphatic carbocycles. The summed E-state index contributed by atoms with van der Waals surface area (Å²) in [6.07, 6.45) is 3.24. The van der Waals surface area contributed by atoms with Gasteiger partial charge in [0.05, 0.1) is 12.8 Å². The van der Waals surface area contributed by atoms with Gasteiger partial charge in [-0.3, -0.25) is 4.79 Å². The van der Waals surface area contributed by atoms with E-state index in [1.807, 2.05) is 0 Å². The molecule has 0 unspecified atom stereocenters. The van der Waals surface area contributed by atoms with Gasteiger partial charge >= 0.3 is 0 Å². The molecule has 5 heteroatoms. The lowest BCUT2D eigenvalue weighted by Gasteiger charge is -2.11. The quantitative estimate of drug-likeness (QED) is 0.560. The van der Waals surface area contributed by atoms with Gasteiger partial charge in [-0.15, -0.1) is 0 Å². The predicted octanol–water partition coefficient (Wildman–Crippen LogP) is 2.42. The normalized spacial score (nSPS) is 10.2. The highest BCUT2D eigenvalue weighted by Gasteiger charge is 2.07. The first-order chi connectivity index (χ1) is 9.17. The van der Waals surface area contributed by atoms with Crippen molar-refractivity contribution in [3.63, 3.8) is 0 Å². The van der Waals surface area contributed by atoms with Crippen LogP contribution in [0, 0.1) is 0 Å². The molecular formula is C14H22N2O3. The number of anilines is 2. The maximum absolute atomic E-state index is 11.7. The van der Waals surface area contributed by atoms with Crippen LogP contribution < -0.4 is 15.8 Å². The minimum absolute atomic E-state index is 0.0528. The van der Waals surface area contributed by atoms with Gasteiger partial charge < -0.3 is 20.5 Å². The summed E-state index contributed by atoms with van der Waals surface area (Å²) < 4.78 is 10.4. The largest absolute Gasteiger partial charge is 0.494 e. The molecule has 0 bridgehead atoms.